The summed E-state index contributed by atoms with van der Waals surface area (Å²) in [6.07, 6.45) is 7.62. The Morgan fingerprint density at radius 2 is 1.88 bits per heavy atom. The van der Waals surface area contributed by atoms with E-state index in [9.17, 15) is 0 Å². The third-order valence-corrected chi connectivity index (χ3v) is 5.18. The second kappa shape index (κ2) is 6.01. The number of piperidine rings is 1. The predicted octanol–water partition coefficient (Wildman–Crippen LogP) is 2.76. The Morgan fingerprint density at radius 3 is 2.77 bits per heavy atom. The molecule has 0 bridgehead atoms. The van der Waals surface area contributed by atoms with Gasteiger partial charge < -0.3 is 4.90 Å². The number of hydrogen-bond acceptors (Lipinski definition) is 6. The number of rotatable bonds is 2. The maximum absolute atomic E-state index is 4.78. The van der Waals surface area contributed by atoms with Crippen molar-refractivity contribution < 1.29 is 0 Å². The summed E-state index contributed by atoms with van der Waals surface area (Å²) in [6.45, 7) is 3.83. The Labute approximate surface area is 150 Å². The zero-order valence-electron chi connectivity index (χ0n) is 14.6. The summed E-state index contributed by atoms with van der Waals surface area (Å²) in [6, 6.07) is 8.26. The minimum absolute atomic E-state index is 0.456. The van der Waals surface area contributed by atoms with Crippen LogP contribution < -0.4 is 4.90 Å². The molecule has 1 fully saturated rings. The summed E-state index contributed by atoms with van der Waals surface area (Å²) in [5.41, 5.74) is 2.80. The van der Waals surface area contributed by atoms with Crippen molar-refractivity contribution in [1.29, 1.82) is 0 Å². The van der Waals surface area contributed by atoms with Crippen LogP contribution in [0.25, 0.3) is 16.7 Å². The molecule has 0 unspecified atom stereocenters. The van der Waals surface area contributed by atoms with Crippen molar-refractivity contribution in [3.63, 3.8) is 0 Å². The molecule has 5 rings (SSSR count). The number of aromatic nitrogens is 6. The van der Waals surface area contributed by atoms with Crippen molar-refractivity contribution in [2.24, 2.45) is 0 Å². The Morgan fingerprint density at radius 1 is 1.00 bits per heavy atom. The molecule has 1 saturated heterocycles. The van der Waals surface area contributed by atoms with Gasteiger partial charge in [-0.3, -0.25) is 4.40 Å². The van der Waals surface area contributed by atoms with Gasteiger partial charge in [-0.15, -0.1) is 10.2 Å². The predicted molar refractivity (Wildman–Crippen MR) is 99.2 cm³/mol. The van der Waals surface area contributed by atoms with Gasteiger partial charge in [0.1, 0.15) is 5.82 Å². The minimum Gasteiger partial charge on any atom is -0.353 e. The molecule has 0 N–H and O–H groups in total. The molecule has 7 heteroatoms. The van der Waals surface area contributed by atoms with E-state index in [1.807, 2.05) is 29.8 Å². The summed E-state index contributed by atoms with van der Waals surface area (Å²) < 4.78 is 1.99. The second-order valence-corrected chi connectivity index (χ2v) is 6.74. The van der Waals surface area contributed by atoms with E-state index in [2.05, 4.69) is 43.3 Å². The maximum atomic E-state index is 4.78. The smallest absolute Gasteiger partial charge is 0.203 e. The lowest BCUT2D eigenvalue weighted by atomic mass is 9.93. The highest BCUT2D eigenvalue weighted by Gasteiger charge is 2.24. The third-order valence-electron chi connectivity index (χ3n) is 5.18. The van der Waals surface area contributed by atoms with Crippen LogP contribution in [0.1, 0.15) is 30.3 Å². The van der Waals surface area contributed by atoms with Crippen molar-refractivity contribution in [3.05, 3.63) is 54.4 Å². The molecule has 0 atom stereocenters. The van der Waals surface area contributed by atoms with E-state index < -0.39 is 0 Å². The fourth-order valence-corrected chi connectivity index (χ4v) is 3.73. The molecule has 1 aliphatic rings. The first kappa shape index (κ1) is 15.2. The topological polar surface area (TPSA) is 72.1 Å². The van der Waals surface area contributed by atoms with E-state index in [4.69, 9.17) is 4.98 Å². The van der Waals surface area contributed by atoms with Gasteiger partial charge in [-0.25, -0.2) is 15.0 Å². The quantitative estimate of drug-likeness (QED) is 0.556. The van der Waals surface area contributed by atoms with Crippen LogP contribution in [0.5, 0.6) is 0 Å². The number of anilines is 1. The van der Waals surface area contributed by atoms with Crippen molar-refractivity contribution >= 4 is 22.5 Å². The summed E-state index contributed by atoms with van der Waals surface area (Å²) in [4.78, 5) is 16.0. The van der Waals surface area contributed by atoms with Crippen LogP contribution >= 0.6 is 0 Å². The number of aryl methyl sites for hydroxylation is 1. The van der Waals surface area contributed by atoms with E-state index in [-0.39, 0.29) is 0 Å². The summed E-state index contributed by atoms with van der Waals surface area (Å²) in [5.74, 6) is 2.25. The lowest BCUT2D eigenvalue weighted by molar-refractivity contribution is 0.495. The van der Waals surface area contributed by atoms with Crippen LogP contribution in [0.15, 0.2) is 42.9 Å². The van der Waals surface area contributed by atoms with E-state index in [0.29, 0.717) is 5.92 Å². The van der Waals surface area contributed by atoms with Gasteiger partial charge in [0.15, 0.2) is 11.5 Å². The lowest BCUT2D eigenvalue weighted by Crippen LogP contribution is -2.34. The fraction of sp³-hybridized carbons (Fsp3) is 0.316. The van der Waals surface area contributed by atoms with Crippen molar-refractivity contribution in [2.45, 2.75) is 25.7 Å². The van der Waals surface area contributed by atoms with Gasteiger partial charge in [-0.2, -0.15) is 0 Å². The third kappa shape index (κ3) is 2.47. The molecular weight excluding hydrogens is 326 g/mol. The molecule has 7 nitrogen and oxygen atoms in total. The first-order chi connectivity index (χ1) is 12.8. The number of fused-ring (bicyclic) bond motifs is 2. The van der Waals surface area contributed by atoms with Gasteiger partial charge in [0.05, 0.1) is 0 Å². The normalized spacial score (nSPS) is 15.8. The minimum atomic E-state index is 0.456. The van der Waals surface area contributed by atoms with Gasteiger partial charge >= 0.3 is 0 Å². The highest BCUT2D eigenvalue weighted by atomic mass is 15.3. The molecule has 130 valence electrons. The Kier molecular flexibility index (Phi) is 3.51. The Hall–Kier alpha value is -3.09. The lowest BCUT2D eigenvalue weighted by Gasteiger charge is -2.32. The number of nitrogens with zero attached hydrogens (tertiary/aromatic N) is 7. The zero-order chi connectivity index (χ0) is 17.5. The number of hydrogen-bond donors (Lipinski definition) is 0. The SMILES string of the molecule is Cc1nnc2c(N3CCC(c4ccc5cccnc5n4)CC3)nccn12. The standard InChI is InChI=1S/C19H19N7/c1-13-23-24-19-18(21-9-12-26(13)19)25-10-6-14(7-11-25)16-5-4-15-3-2-8-20-17(15)22-16/h2-5,8-9,12,14H,6-7,10-11H2,1H3. The maximum Gasteiger partial charge on any atom is 0.203 e. The highest BCUT2D eigenvalue weighted by Crippen LogP contribution is 2.30. The van der Waals surface area contributed by atoms with Gasteiger partial charge in [0, 0.05) is 48.7 Å². The molecule has 1 aliphatic heterocycles. The molecule has 0 amide bonds. The Bertz CT molecular complexity index is 1080. The molecule has 0 aromatic carbocycles. The van der Waals surface area contributed by atoms with Crippen LogP contribution in [0.2, 0.25) is 0 Å². The second-order valence-electron chi connectivity index (χ2n) is 6.74. The molecule has 5 heterocycles. The van der Waals surface area contributed by atoms with Crippen molar-refractivity contribution in [2.75, 3.05) is 18.0 Å². The molecular formula is C19H19N7. The van der Waals surface area contributed by atoms with E-state index in [0.717, 1.165) is 59.9 Å². The zero-order valence-corrected chi connectivity index (χ0v) is 14.6. The van der Waals surface area contributed by atoms with Crippen molar-refractivity contribution in [3.8, 4) is 0 Å². The van der Waals surface area contributed by atoms with Crippen LogP contribution in [-0.4, -0.2) is 42.6 Å². The highest BCUT2D eigenvalue weighted by molar-refractivity contribution is 5.74. The largest absolute Gasteiger partial charge is 0.353 e. The van der Waals surface area contributed by atoms with Crippen LogP contribution in [-0.2, 0) is 0 Å². The molecule has 0 saturated carbocycles. The average Bonchev–Trinajstić information content (AvgIpc) is 3.09. The van der Waals surface area contributed by atoms with Crippen molar-refractivity contribution in [1.82, 2.24) is 29.5 Å². The Balaban J connectivity index is 1.38. The molecule has 4 aromatic rings. The molecule has 26 heavy (non-hydrogen) atoms. The first-order valence-electron chi connectivity index (χ1n) is 8.92. The molecule has 0 aliphatic carbocycles. The van der Waals surface area contributed by atoms with E-state index in [1.54, 1.807) is 6.20 Å². The van der Waals surface area contributed by atoms with E-state index in [1.165, 1.54) is 0 Å². The summed E-state index contributed by atoms with van der Waals surface area (Å²) >= 11 is 0. The molecule has 0 radical (unpaired) electrons. The van der Waals surface area contributed by atoms with Gasteiger partial charge in [-0.05, 0) is 44.0 Å². The summed E-state index contributed by atoms with van der Waals surface area (Å²) in [5, 5.41) is 9.55. The van der Waals surface area contributed by atoms with Gasteiger partial charge in [0.2, 0.25) is 5.65 Å². The molecule has 4 aromatic heterocycles. The van der Waals surface area contributed by atoms with Crippen LogP contribution in [0.4, 0.5) is 5.82 Å². The average molecular weight is 345 g/mol. The van der Waals surface area contributed by atoms with Gasteiger partial charge in [-0.1, -0.05) is 0 Å². The first-order valence-corrected chi connectivity index (χ1v) is 8.92. The summed E-state index contributed by atoms with van der Waals surface area (Å²) in [7, 11) is 0. The molecule has 0 spiro atoms. The van der Waals surface area contributed by atoms with Crippen LogP contribution in [0.3, 0.4) is 0 Å². The van der Waals surface area contributed by atoms with Gasteiger partial charge in [0.25, 0.3) is 0 Å². The van der Waals surface area contributed by atoms with E-state index >= 15 is 0 Å². The number of pyridine rings is 2. The van der Waals surface area contributed by atoms with Crippen LogP contribution in [0, 0.1) is 6.92 Å². The fourth-order valence-electron chi connectivity index (χ4n) is 3.73. The monoisotopic (exact) mass is 345 g/mol.